The second-order valence-corrected chi connectivity index (χ2v) is 13.4. The van der Waals surface area contributed by atoms with E-state index in [0.717, 1.165) is 25.3 Å². The molecule has 1 saturated heterocycles. The van der Waals surface area contributed by atoms with E-state index in [1.54, 1.807) is 38.7 Å². The number of ether oxygens (including phenoxy) is 3. The summed E-state index contributed by atoms with van der Waals surface area (Å²) in [4.78, 5) is 31.7. The second kappa shape index (κ2) is 15.0. The summed E-state index contributed by atoms with van der Waals surface area (Å²) in [5.74, 6) is -2.33. The van der Waals surface area contributed by atoms with Crippen molar-refractivity contribution in [2.24, 2.45) is 5.92 Å². The number of alkyl carbamates (subject to hydrolysis) is 1. The summed E-state index contributed by atoms with van der Waals surface area (Å²) in [6.45, 7) is 7.50. The number of benzene rings is 2. The number of amides is 2. The van der Waals surface area contributed by atoms with E-state index >= 15 is 0 Å². The number of rotatable bonds is 11. The zero-order valence-corrected chi connectivity index (χ0v) is 27.9. The van der Waals surface area contributed by atoms with Crippen molar-refractivity contribution in [3.8, 4) is 11.5 Å². The molecule has 12 heteroatoms. The normalized spacial score (nSPS) is 20.2. The van der Waals surface area contributed by atoms with Crippen LogP contribution in [0.1, 0.15) is 82.6 Å². The second-order valence-electron chi connectivity index (χ2n) is 13.4. The highest BCUT2D eigenvalue weighted by Crippen LogP contribution is 2.43. The van der Waals surface area contributed by atoms with Crippen LogP contribution in [0.4, 0.5) is 22.4 Å². The molecule has 3 unspecified atom stereocenters. The SMILES string of the molecule is COc1cc(C(=O)N(CC(C)=Cc2ccc(F)cc2F)C(C)(C2CCCC2NC(=O)OC(C)(C)C)N2CCCC2)ccc1OC(F)F. The van der Waals surface area contributed by atoms with Gasteiger partial charge in [-0.25, -0.2) is 13.6 Å². The van der Waals surface area contributed by atoms with E-state index in [1.165, 1.54) is 37.4 Å². The number of alkyl halides is 2. The van der Waals surface area contributed by atoms with Gasteiger partial charge in [0.2, 0.25) is 0 Å². The highest BCUT2D eigenvalue weighted by Gasteiger charge is 2.52. The Kier molecular flexibility index (Phi) is 11.5. The number of likely N-dealkylation sites (tertiary alicyclic amines) is 1. The molecule has 2 aliphatic rings. The van der Waals surface area contributed by atoms with Crippen molar-refractivity contribution in [1.82, 2.24) is 15.1 Å². The van der Waals surface area contributed by atoms with Crippen LogP contribution in [0, 0.1) is 17.6 Å². The largest absolute Gasteiger partial charge is 0.493 e. The lowest BCUT2D eigenvalue weighted by Crippen LogP contribution is -2.66. The molecule has 0 aromatic heterocycles. The summed E-state index contributed by atoms with van der Waals surface area (Å²) in [6, 6.07) is 7.02. The van der Waals surface area contributed by atoms with Crippen LogP contribution in [0.3, 0.4) is 0 Å². The van der Waals surface area contributed by atoms with Gasteiger partial charge in [-0.15, -0.1) is 0 Å². The van der Waals surface area contributed by atoms with Crippen LogP contribution in [-0.2, 0) is 4.74 Å². The van der Waals surface area contributed by atoms with Gasteiger partial charge in [0.15, 0.2) is 11.5 Å². The monoisotopic (exact) mass is 663 g/mol. The Morgan fingerprint density at radius 1 is 1.02 bits per heavy atom. The van der Waals surface area contributed by atoms with Gasteiger partial charge in [-0.2, -0.15) is 8.78 Å². The average Bonchev–Trinajstić information content (AvgIpc) is 3.69. The van der Waals surface area contributed by atoms with Crippen molar-refractivity contribution >= 4 is 18.1 Å². The minimum absolute atomic E-state index is 0.0371. The summed E-state index contributed by atoms with van der Waals surface area (Å²) >= 11 is 0. The van der Waals surface area contributed by atoms with Gasteiger partial charge in [0, 0.05) is 48.8 Å². The first-order valence-electron chi connectivity index (χ1n) is 15.9. The van der Waals surface area contributed by atoms with Crippen molar-refractivity contribution in [3.05, 3.63) is 64.7 Å². The van der Waals surface area contributed by atoms with Gasteiger partial charge in [-0.3, -0.25) is 9.69 Å². The Morgan fingerprint density at radius 2 is 1.72 bits per heavy atom. The molecule has 0 spiro atoms. The molecule has 0 bridgehead atoms. The Bertz CT molecular complexity index is 1460. The van der Waals surface area contributed by atoms with E-state index in [4.69, 9.17) is 9.47 Å². The van der Waals surface area contributed by atoms with Gasteiger partial charge >= 0.3 is 12.7 Å². The Labute approximate surface area is 274 Å². The predicted octanol–water partition coefficient (Wildman–Crippen LogP) is 7.63. The fourth-order valence-electron chi connectivity index (χ4n) is 6.79. The minimum atomic E-state index is -3.09. The molecule has 2 fully saturated rings. The van der Waals surface area contributed by atoms with E-state index in [-0.39, 0.29) is 41.1 Å². The van der Waals surface area contributed by atoms with Crippen LogP contribution in [0.15, 0.2) is 42.0 Å². The van der Waals surface area contributed by atoms with E-state index in [1.807, 2.05) is 6.92 Å². The van der Waals surface area contributed by atoms with Crippen LogP contribution >= 0.6 is 0 Å². The molecule has 1 saturated carbocycles. The molecule has 1 aliphatic carbocycles. The summed E-state index contributed by atoms with van der Waals surface area (Å²) in [7, 11) is 1.30. The number of nitrogens with one attached hydrogen (secondary N) is 1. The molecule has 2 amide bonds. The smallest absolute Gasteiger partial charge is 0.407 e. The highest BCUT2D eigenvalue weighted by molar-refractivity contribution is 5.95. The van der Waals surface area contributed by atoms with Gasteiger partial charge in [-0.1, -0.05) is 18.1 Å². The molecule has 1 N–H and O–H groups in total. The molecule has 8 nitrogen and oxygen atoms in total. The number of methoxy groups -OCH3 is 1. The Morgan fingerprint density at radius 3 is 2.34 bits per heavy atom. The molecular weight excluding hydrogens is 618 g/mol. The maximum atomic E-state index is 14.7. The summed E-state index contributed by atoms with van der Waals surface area (Å²) in [6.07, 6.45) is 5.05. The maximum absolute atomic E-state index is 14.7. The molecule has 47 heavy (non-hydrogen) atoms. The van der Waals surface area contributed by atoms with Crippen LogP contribution in [0.2, 0.25) is 0 Å². The van der Waals surface area contributed by atoms with Crippen molar-refractivity contribution in [2.75, 3.05) is 26.7 Å². The molecule has 4 rings (SSSR count). The Balaban J connectivity index is 1.81. The standard InChI is InChI=1S/C35H45F4N3O5/c1-22(18-23-12-14-25(36)20-27(23)37)21-42(31(43)24-13-15-29(46-32(38)39)30(19-24)45-6)35(5,41-16-7-8-17-41)26-10-9-11-28(26)40-33(44)47-34(2,3)4/h12-15,18-20,26,28,32H,7-11,16-17,21H2,1-6H3,(H,40,44). The average molecular weight is 664 g/mol. The van der Waals surface area contributed by atoms with Crippen molar-refractivity contribution < 1.29 is 41.4 Å². The minimum Gasteiger partial charge on any atom is -0.493 e. The van der Waals surface area contributed by atoms with E-state index in [2.05, 4.69) is 15.0 Å². The number of hydrogen-bond acceptors (Lipinski definition) is 6. The fraction of sp³-hybridized carbons (Fsp3) is 0.543. The lowest BCUT2D eigenvalue weighted by atomic mass is 9.85. The fourth-order valence-corrected chi connectivity index (χ4v) is 6.79. The van der Waals surface area contributed by atoms with Crippen molar-refractivity contribution in [3.63, 3.8) is 0 Å². The van der Waals surface area contributed by atoms with Gasteiger partial charge in [-0.05, 0) is 90.6 Å². The van der Waals surface area contributed by atoms with E-state index in [9.17, 15) is 27.2 Å². The quantitative estimate of drug-likeness (QED) is 0.249. The Hall–Kier alpha value is -3.80. The number of halogens is 4. The number of carbonyl (C=O) groups is 2. The molecule has 258 valence electrons. The van der Waals surface area contributed by atoms with Crippen LogP contribution in [0.25, 0.3) is 6.08 Å². The van der Waals surface area contributed by atoms with Crippen molar-refractivity contribution in [2.45, 2.75) is 90.6 Å². The zero-order chi connectivity index (χ0) is 34.5. The van der Waals surface area contributed by atoms with E-state index in [0.29, 0.717) is 31.5 Å². The molecule has 0 radical (unpaired) electrons. The lowest BCUT2D eigenvalue weighted by Gasteiger charge is -2.53. The third-order valence-electron chi connectivity index (χ3n) is 8.86. The molecule has 3 atom stereocenters. The molecular formula is C35H45F4N3O5. The first-order chi connectivity index (χ1) is 22.1. The van der Waals surface area contributed by atoms with Crippen LogP contribution in [-0.4, -0.2) is 72.5 Å². The molecule has 2 aromatic carbocycles. The summed E-state index contributed by atoms with van der Waals surface area (Å²) in [5, 5.41) is 3.06. The maximum Gasteiger partial charge on any atom is 0.407 e. The first kappa shape index (κ1) is 36.0. The zero-order valence-electron chi connectivity index (χ0n) is 27.9. The lowest BCUT2D eigenvalue weighted by molar-refractivity contribution is -0.0612. The van der Waals surface area contributed by atoms with Crippen LogP contribution in [0.5, 0.6) is 11.5 Å². The van der Waals surface area contributed by atoms with Crippen molar-refractivity contribution in [1.29, 1.82) is 0 Å². The number of carbonyl (C=O) groups excluding carboxylic acids is 2. The van der Waals surface area contributed by atoms with Gasteiger partial charge in [0.25, 0.3) is 5.91 Å². The van der Waals surface area contributed by atoms with Gasteiger partial charge in [0.1, 0.15) is 17.2 Å². The first-order valence-corrected chi connectivity index (χ1v) is 15.9. The van der Waals surface area contributed by atoms with Gasteiger partial charge in [0.05, 0.1) is 12.8 Å². The summed E-state index contributed by atoms with van der Waals surface area (Å²) < 4.78 is 69.9. The molecule has 1 heterocycles. The molecule has 1 aliphatic heterocycles. The summed E-state index contributed by atoms with van der Waals surface area (Å²) in [5.41, 5.74) is -0.696. The number of nitrogens with zero attached hydrogens (tertiary/aromatic N) is 2. The van der Waals surface area contributed by atoms with E-state index < -0.39 is 41.5 Å². The third-order valence-corrected chi connectivity index (χ3v) is 8.86. The predicted molar refractivity (Wildman–Crippen MR) is 170 cm³/mol. The third kappa shape index (κ3) is 8.77. The molecule has 2 aromatic rings. The van der Waals surface area contributed by atoms with Crippen LogP contribution < -0.4 is 14.8 Å². The number of hydrogen-bond donors (Lipinski definition) is 1. The highest BCUT2D eigenvalue weighted by atomic mass is 19.3. The topological polar surface area (TPSA) is 80.3 Å². The van der Waals surface area contributed by atoms with Gasteiger partial charge < -0.3 is 24.4 Å².